The molecule has 0 aliphatic carbocycles. The Bertz CT molecular complexity index is 556. The molecule has 5 heteroatoms. The zero-order valence-electron chi connectivity index (χ0n) is 15.5. The van der Waals surface area contributed by atoms with Crippen molar-refractivity contribution < 1.29 is 9.59 Å². The Kier molecular flexibility index (Phi) is 8.30. The fourth-order valence-corrected chi connectivity index (χ4v) is 2.23. The summed E-state index contributed by atoms with van der Waals surface area (Å²) in [5, 5.41) is 8.63. The smallest absolute Gasteiger partial charge is 0.319 e. The summed E-state index contributed by atoms with van der Waals surface area (Å²) in [5.41, 5.74) is 2.19. The summed E-state index contributed by atoms with van der Waals surface area (Å²) in [6, 6.07) is 5.24. The van der Waals surface area contributed by atoms with Gasteiger partial charge in [0.05, 0.1) is 0 Å². The monoisotopic (exact) mass is 333 g/mol. The Balaban J connectivity index is 2.55. The van der Waals surface area contributed by atoms with Gasteiger partial charge in [-0.05, 0) is 62.8 Å². The van der Waals surface area contributed by atoms with Crippen molar-refractivity contribution in [2.24, 2.45) is 5.92 Å². The number of amides is 3. The van der Waals surface area contributed by atoms with Gasteiger partial charge in [0, 0.05) is 23.8 Å². The summed E-state index contributed by atoms with van der Waals surface area (Å²) in [6.07, 6.45) is 2.96. The number of hydrogen-bond acceptors (Lipinski definition) is 2. The van der Waals surface area contributed by atoms with Crippen LogP contribution in [-0.2, 0) is 0 Å². The second-order valence-corrected chi connectivity index (χ2v) is 6.73. The van der Waals surface area contributed by atoms with Crippen LogP contribution >= 0.6 is 0 Å². The molecule has 0 bridgehead atoms. The van der Waals surface area contributed by atoms with Gasteiger partial charge >= 0.3 is 6.03 Å². The molecule has 0 heterocycles. The summed E-state index contributed by atoms with van der Waals surface area (Å²) in [5.74, 6) is 0.559. The molecule has 0 saturated heterocycles. The number of aryl methyl sites for hydroxylation is 1. The van der Waals surface area contributed by atoms with Crippen molar-refractivity contribution in [1.29, 1.82) is 0 Å². The SMILES string of the molecule is CCC(C)NC(=O)c1ccc(NC(=O)NCCCC(C)C)c(C)c1. The lowest BCUT2D eigenvalue weighted by Crippen LogP contribution is -2.32. The standard InChI is InChI=1S/C19H31N3O2/c1-6-15(5)21-18(23)16-9-10-17(14(4)12-16)22-19(24)20-11-7-8-13(2)3/h9-10,12-13,15H,6-8,11H2,1-5H3,(H,21,23)(H2,20,22,24). The quantitative estimate of drug-likeness (QED) is 0.627. The van der Waals surface area contributed by atoms with E-state index in [1.165, 1.54) is 0 Å². The first-order chi connectivity index (χ1) is 11.3. The lowest BCUT2D eigenvalue weighted by molar-refractivity contribution is 0.0939. The molecule has 3 N–H and O–H groups in total. The van der Waals surface area contributed by atoms with Crippen molar-refractivity contribution >= 4 is 17.6 Å². The average molecular weight is 333 g/mol. The number of rotatable bonds is 8. The molecule has 0 aliphatic rings. The van der Waals surface area contributed by atoms with Crippen molar-refractivity contribution in [3.8, 4) is 0 Å². The number of hydrogen-bond donors (Lipinski definition) is 3. The van der Waals surface area contributed by atoms with Gasteiger partial charge in [0.15, 0.2) is 0 Å². The second kappa shape index (κ2) is 9.96. The molecular weight excluding hydrogens is 302 g/mol. The highest BCUT2D eigenvalue weighted by atomic mass is 16.2. The van der Waals surface area contributed by atoms with Crippen LogP contribution < -0.4 is 16.0 Å². The fourth-order valence-electron chi connectivity index (χ4n) is 2.23. The number of carbonyl (C=O) groups is 2. The molecule has 1 rings (SSSR count). The third kappa shape index (κ3) is 7.02. The Hall–Kier alpha value is -2.04. The zero-order valence-corrected chi connectivity index (χ0v) is 15.5. The summed E-state index contributed by atoms with van der Waals surface area (Å²) < 4.78 is 0. The molecule has 0 aliphatic heterocycles. The largest absolute Gasteiger partial charge is 0.350 e. The van der Waals surface area contributed by atoms with Crippen molar-refractivity contribution in [2.75, 3.05) is 11.9 Å². The van der Waals surface area contributed by atoms with Gasteiger partial charge in [-0.2, -0.15) is 0 Å². The Morgan fingerprint density at radius 2 is 1.88 bits per heavy atom. The molecule has 0 radical (unpaired) electrons. The molecule has 3 amide bonds. The second-order valence-electron chi connectivity index (χ2n) is 6.73. The summed E-state index contributed by atoms with van der Waals surface area (Å²) in [7, 11) is 0. The van der Waals surface area contributed by atoms with Crippen LogP contribution in [0, 0.1) is 12.8 Å². The molecule has 24 heavy (non-hydrogen) atoms. The third-order valence-electron chi connectivity index (χ3n) is 3.97. The van der Waals surface area contributed by atoms with E-state index >= 15 is 0 Å². The van der Waals surface area contributed by atoms with Crippen molar-refractivity contribution in [3.63, 3.8) is 0 Å². The van der Waals surface area contributed by atoms with Gasteiger partial charge in [0.25, 0.3) is 5.91 Å². The van der Waals surface area contributed by atoms with Crippen LogP contribution in [0.3, 0.4) is 0 Å². The molecule has 0 aromatic heterocycles. The molecule has 1 atom stereocenters. The van der Waals surface area contributed by atoms with Crippen molar-refractivity contribution in [2.45, 2.75) is 59.9 Å². The maximum atomic E-state index is 12.1. The van der Waals surface area contributed by atoms with E-state index in [4.69, 9.17) is 0 Å². The molecule has 1 aromatic rings. The summed E-state index contributed by atoms with van der Waals surface area (Å²) >= 11 is 0. The first-order valence-corrected chi connectivity index (χ1v) is 8.79. The minimum absolute atomic E-state index is 0.0860. The first-order valence-electron chi connectivity index (χ1n) is 8.79. The third-order valence-corrected chi connectivity index (χ3v) is 3.97. The number of anilines is 1. The fraction of sp³-hybridized carbons (Fsp3) is 0.579. The topological polar surface area (TPSA) is 70.2 Å². The van der Waals surface area contributed by atoms with Gasteiger partial charge < -0.3 is 16.0 Å². The van der Waals surface area contributed by atoms with Crippen molar-refractivity contribution in [1.82, 2.24) is 10.6 Å². The number of urea groups is 1. The zero-order chi connectivity index (χ0) is 18.1. The van der Waals surface area contributed by atoms with Gasteiger partial charge in [-0.3, -0.25) is 4.79 Å². The normalized spacial score (nSPS) is 11.9. The minimum Gasteiger partial charge on any atom is -0.350 e. The van der Waals surface area contributed by atoms with Crippen molar-refractivity contribution in [3.05, 3.63) is 29.3 Å². The Morgan fingerprint density at radius 3 is 2.46 bits per heavy atom. The van der Waals surface area contributed by atoms with Gasteiger partial charge in [-0.25, -0.2) is 4.79 Å². The lowest BCUT2D eigenvalue weighted by Gasteiger charge is -2.14. The molecule has 0 fully saturated rings. The lowest BCUT2D eigenvalue weighted by atomic mass is 10.1. The molecular formula is C19H31N3O2. The van der Waals surface area contributed by atoms with E-state index < -0.39 is 0 Å². The maximum absolute atomic E-state index is 12.1. The van der Waals surface area contributed by atoms with Gasteiger partial charge in [0.2, 0.25) is 0 Å². The highest BCUT2D eigenvalue weighted by Crippen LogP contribution is 2.16. The van der Waals surface area contributed by atoms with E-state index in [0.717, 1.165) is 30.5 Å². The van der Waals surface area contributed by atoms with Crippen LogP contribution in [0.1, 0.15) is 62.9 Å². The highest BCUT2D eigenvalue weighted by Gasteiger charge is 2.11. The van der Waals surface area contributed by atoms with Crippen LogP contribution in [0.2, 0.25) is 0 Å². The van der Waals surface area contributed by atoms with Gasteiger partial charge in [-0.15, -0.1) is 0 Å². The Labute approximate surface area is 145 Å². The van der Waals surface area contributed by atoms with Crippen LogP contribution in [0.25, 0.3) is 0 Å². The molecule has 0 spiro atoms. The van der Waals surface area contributed by atoms with E-state index in [2.05, 4.69) is 29.8 Å². The first kappa shape index (κ1) is 20.0. The van der Waals surface area contributed by atoms with E-state index in [-0.39, 0.29) is 18.0 Å². The molecule has 1 aromatic carbocycles. The number of benzene rings is 1. The summed E-state index contributed by atoms with van der Waals surface area (Å²) in [4.78, 5) is 24.0. The van der Waals surface area contributed by atoms with Crippen LogP contribution in [0.5, 0.6) is 0 Å². The number of carbonyl (C=O) groups excluding carboxylic acids is 2. The molecule has 5 nitrogen and oxygen atoms in total. The van der Waals surface area contributed by atoms with E-state index in [0.29, 0.717) is 18.0 Å². The highest BCUT2D eigenvalue weighted by molar-refractivity contribution is 5.96. The molecule has 0 saturated carbocycles. The number of nitrogens with one attached hydrogen (secondary N) is 3. The predicted molar refractivity (Wildman–Crippen MR) is 99.5 cm³/mol. The Morgan fingerprint density at radius 1 is 1.17 bits per heavy atom. The maximum Gasteiger partial charge on any atom is 0.319 e. The minimum atomic E-state index is -0.210. The van der Waals surface area contributed by atoms with Gasteiger partial charge in [0.1, 0.15) is 0 Å². The van der Waals surface area contributed by atoms with Gasteiger partial charge in [-0.1, -0.05) is 20.8 Å². The summed E-state index contributed by atoms with van der Waals surface area (Å²) in [6.45, 7) is 10.9. The predicted octanol–water partition coefficient (Wildman–Crippen LogP) is 4.08. The van der Waals surface area contributed by atoms with Crippen LogP contribution in [0.15, 0.2) is 18.2 Å². The average Bonchev–Trinajstić information content (AvgIpc) is 2.53. The van der Waals surface area contributed by atoms with E-state index in [9.17, 15) is 9.59 Å². The van der Waals surface area contributed by atoms with Crippen LogP contribution in [0.4, 0.5) is 10.5 Å². The van der Waals surface area contributed by atoms with E-state index in [1.807, 2.05) is 20.8 Å². The van der Waals surface area contributed by atoms with E-state index in [1.54, 1.807) is 18.2 Å². The molecule has 1 unspecified atom stereocenters. The van der Waals surface area contributed by atoms with Crippen LogP contribution in [-0.4, -0.2) is 24.5 Å². The molecule has 134 valence electrons.